The van der Waals surface area contributed by atoms with Crippen LogP contribution in [-0.4, -0.2) is 11.7 Å². The first kappa shape index (κ1) is 15.4. The first-order valence-electron chi connectivity index (χ1n) is 6.03. The van der Waals surface area contributed by atoms with Crippen LogP contribution in [-0.2, 0) is 11.3 Å². The van der Waals surface area contributed by atoms with Crippen LogP contribution < -0.4 is 5.32 Å². The van der Waals surface area contributed by atoms with Gasteiger partial charge in [-0.2, -0.15) is 0 Å². The second-order valence-corrected chi connectivity index (χ2v) is 6.55. The van der Waals surface area contributed by atoms with Crippen LogP contribution in [0.1, 0.15) is 5.56 Å². The Morgan fingerprint density at radius 1 is 1.20 bits per heavy atom. The first-order valence-corrected chi connectivity index (χ1v) is 8.18. The van der Waals surface area contributed by atoms with Gasteiger partial charge in [0.1, 0.15) is 0 Å². The van der Waals surface area contributed by atoms with Crippen LogP contribution in [0.2, 0.25) is 5.02 Å². The molecule has 0 aromatic heterocycles. The molecule has 0 spiro atoms. The van der Waals surface area contributed by atoms with E-state index >= 15 is 0 Å². The van der Waals surface area contributed by atoms with Gasteiger partial charge in [0.05, 0.1) is 5.75 Å². The number of hydrogen-bond acceptors (Lipinski definition) is 2. The topological polar surface area (TPSA) is 29.1 Å². The summed E-state index contributed by atoms with van der Waals surface area (Å²) in [6.07, 6.45) is 0. The van der Waals surface area contributed by atoms with Crippen molar-refractivity contribution in [2.24, 2.45) is 0 Å². The summed E-state index contributed by atoms with van der Waals surface area (Å²) in [6, 6.07) is 15.4. The van der Waals surface area contributed by atoms with Gasteiger partial charge in [0, 0.05) is 20.9 Å². The van der Waals surface area contributed by atoms with Crippen molar-refractivity contribution < 1.29 is 4.79 Å². The van der Waals surface area contributed by atoms with Crippen molar-refractivity contribution in [3.63, 3.8) is 0 Å². The molecule has 0 aliphatic carbocycles. The largest absolute Gasteiger partial charge is 0.351 e. The Hall–Kier alpha value is -0.970. The van der Waals surface area contributed by atoms with Crippen LogP contribution in [0.5, 0.6) is 0 Å². The third-order valence-corrected chi connectivity index (χ3v) is 4.32. The van der Waals surface area contributed by atoms with Crippen LogP contribution in [0.3, 0.4) is 0 Å². The lowest BCUT2D eigenvalue weighted by Crippen LogP contribution is -2.24. The molecule has 0 radical (unpaired) electrons. The number of benzene rings is 2. The summed E-state index contributed by atoms with van der Waals surface area (Å²) >= 11 is 10.7. The van der Waals surface area contributed by atoms with E-state index in [2.05, 4.69) is 21.2 Å². The Kier molecular flexibility index (Phi) is 5.95. The molecule has 20 heavy (non-hydrogen) atoms. The van der Waals surface area contributed by atoms with Crippen LogP contribution in [0.25, 0.3) is 0 Å². The van der Waals surface area contributed by atoms with Gasteiger partial charge < -0.3 is 5.32 Å². The monoisotopic (exact) mass is 369 g/mol. The maximum atomic E-state index is 11.8. The number of hydrogen-bond donors (Lipinski definition) is 1. The van der Waals surface area contributed by atoms with Crippen molar-refractivity contribution in [3.05, 3.63) is 63.6 Å². The molecule has 0 heterocycles. The fourth-order valence-corrected chi connectivity index (χ4v) is 2.88. The molecule has 2 aromatic rings. The molecule has 0 bridgehead atoms. The van der Waals surface area contributed by atoms with Crippen LogP contribution in [0.15, 0.2) is 57.9 Å². The predicted molar refractivity (Wildman–Crippen MR) is 88.2 cm³/mol. The molecular formula is C15H13BrClNOS. The summed E-state index contributed by atoms with van der Waals surface area (Å²) in [4.78, 5) is 12.8. The number of amides is 1. The smallest absolute Gasteiger partial charge is 0.230 e. The molecule has 2 nitrogen and oxygen atoms in total. The van der Waals surface area contributed by atoms with Crippen molar-refractivity contribution in [2.45, 2.75) is 11.4 Å². The quantitative estimate of drug-likeness (QED) is 0.785. The van der Waals surface area contributed by atoms with Gasteiger partial charge in [-0.25, -0.2) is 0 Å². The molecule has 0 saturated carbocycles. The van der Waals surface area contributed by atoms with E-state index in [1.54, 1.807) is 0 Å². The fraction of sp³-hybridized carbons (Fsp3) is 0.133. The van der Waals surface area contributed by atoms with Gasteiger partial charge in [0.15, 0.2) is 0 Å². The highest BCUT2D eigenvalue weighted by molar-refractivity contribution is 9.10. The number of carbonyl (C=O) groups excluding carboxylic acids is 1. The van der Waals surface area contributed by atoms with E-state index < -0.39 is 0 Å². The summed E-state index contributed by atoms with van der Waals surface area (Å²) in [6.45, 7) is 0.541. The molecule has 2 rings (SSSR count). The van der Waals surface area contributed by atoms with E-state index in [0.29, 0.717) is 17.3 Å². The van der Waals surface area contributed by atoms with Gasteiger partial charge in [-0.3, -0.25) is 4.79 Å². The Balaban J connectivity index is 1.77. The summed E-state index contributed by atoms with van der Waals surface area (Å²) < 4.78 is 1.01. The van der Waals surface area contributed by atoms with Crippen LogP contribution in [0, 0.1) is 0 Å². The summed E-state index contributed by atoms with van der Waals surface area (Å²) in [5, 5.41) is 3.60. The zero-order valence-corrected chi connectivity index (χ0v) is 13.8. The molecule has 1 amide bonds. The molecule has 0 aliphatic rings. The highest BCUT2D eigenvalue weighted by Gasteiger charge is 2.03. The van der Waals surface area contributed by atoms with Crippen molar-refractivity contribution >= 4 is 45.2 Å². The van der Waals surface area contributed by atoms with Gasteiger partial charge in [-0.1, -0.05) is 39.7 Å². The maximum Gasteiger partial charge on any atom is 0.230 e. The lowest BCUT2D eigenvalue weighted by molar-refractivity contribution is -0.118. The molecule has 104 valence electrons. The highest BCUT2D eigenvalue weighted by atomic mass is 79.9. The van der Waals surface area contributed by atoms with Gasteiger partial charge in [0.25, 0.3) is 0 Å². The number of nitrogens with one attached hydrogen (secondary N) is 1. The second-order valence-electron chi connectivity index (χ2n) is 4.15. The summed E-state index contributed by atoms with van der Waals surface area (Å²) in [7, 11) is 0. The number of rotatable bonds is 5. The van der Waals surface area contributed by atoms with E-state index in [-0.39, 0.29) is 5.91 Å². The second kappa shape index (κ2) is 7.72. The Morgan fingerprint density at radius 2 is 1.95 bits per heavy atom. The molecular weight excluding hydrogens is 358 g/mol. The minimum absolute atomic E-state index is 0.0184. The molecule has 0 unspecified atom stereocenters. The van der Waals surface area contributed by atoms with Crippen molar-refractivity contribution in [1.29, 1.82) is 0 Å². The van der Waals surface area contributed by atoms with Crippen molar-refractivity contribution in [2.75, 3.05) is 5.75 Å². The van der Waals surface area contributed by atoms with Crippen molar-refractivity contribution in [3.8, 4) is 0 Å². The fourth-order valence-electron chi connectivity index (χ4n) is 1.58. The third-order valence-electron chi connectivity index (χ3n) is 2.56. The zero-order valence-electron chi connectivity index (χ0n) is 10.6. The van der Waals surface area contributed by atoms with E-state index in [1.165, 1.54) is 11.8 Å². The van der Waals surface area contributed by atoms with E-state index in [4.69, 9.17) is 11.6 Å². The SMILES string of the molecule is O=C(CSc1ccc(Cl)cc1)NCc1cccc(Br)c1. The lowest BCUT2D eigenvalue weighted by atomic mass is 10.2. The predicted octanol–water partition coefficient (Wildman–Crippen LogP) is 4.51. The number of carbonyl (C=O) groups is 1. The molecule has 0 aliphatic heterocycles. The molecule has 1 N–H and O–H groups in total. The van der Waals surface area contributed by atoms with E-state index in [1.807, 2.05) is 48.5 Å². The average molecular weight is 371 g/mol. The highest BCUT2D eigenvalue weighted by Crippen LogP contribution is 2.20. The summed E-state index contributed by atoms with van der Waals surface area (Å²) in [5.74, 6) is 0.417. The standard InChI is InChI=1S/C15H13BrClNOS/c16-12-3-1-2-11(8-12)9-18-15(19)10-20-14-6-4-13(17)5-7-14/h1-8H,9-10H2,(H,18,19). The van der Waals surface area contributed by atoms with Crippen LogP contribution in [0.4, 0.5) is 0 Å². The van der Waals surface area contributed by atoms with Crippen LogP contribution >= 0.6 is 39.3 Å². The molecule has 5 heteroatoms. The van der Waals surface area contributed by atoms with Crippen molar-refractivity contribution in [1.82, 2.24) is 5.32 Å². The minimum Gasteiger partial charge on any atom is -0.351 e. The Bertz CT molecular complexity index is 589. The first-order chi connectivity index (χ1) is 9.63. The minimum atomic E-state index is 0.0184. The Labute approximate surface area is 136 Å². The molecule has 0 fully saturated rings. The van der Waals surface area contributed by atoms with Gasteiger partial charge >= 0.3 is 0 Å². The molecule has 0 atom stereocenters. The average Bonchev–Trinajstić information content (AvgIpc) is 2.45. The van der Waals surface area contributed by atoms with E-state index in [9.17, 15) is 4.79 Å². The summed E-state index contributed by atoms with van der Waals surface area (Å²) in [5.41, 5.74) is 1.07. The zero-order chi connectivity index (χ0) is 14.4. The van der Waals surface area contributed by atoms with Gasteiger partial charge in [-0.15, -0.1) is 11.8 Å². The number of thioether (sulfide) groups is 1. The van der Waals surface area contributed by atoms with Gasteiger partial charge in [-0.05, 0) is 42.0 Å². The molecule has 0 saturated heterocycles. The van der Waals surface area contributed by atoms with E-state index in [0.717, 1.165) is 14.9 Å². The lowest BCUT2D eigenvalue weighted by Gasteiger charge is -2.06. The van der Waals surface area contributed by atoms with Gasteiger partial charge in [0.2, 0.25) is 5.91 Å². The number of halogens is 2. The normalized spacial score (nSPS) is 10.3. The molecule has 2 aromatic carbocycles. The third kappa shape index (κ3) is 5.19. The Morgan fingerprint density at radius 3 is 2.65 bits per heavy atom. The maximum absolute atomic E-state index is 11.8.